The molecule has 0 aliphatic rings. The summed E-state index contributed by atoms with van der Waals surface area (Å²) in [5, 5.41) is 10.7. The fourth-order valence-corrected chi connectivity index (χ4v) is 1.37. The summed E-state index contributed by atoms with van der Waals surface area (Å²) in [6.45, 7) is 3.76. The second-order valence-electron chi connectivity index (χ2n) is 2.99. The summed E-state index contributed by atoms with van der Waals surface area (Å²) in [5.41, 5.74) is 7.78. The largest absolute Gasteiger partial charge is 0.326 e. The normalized spacial score (nSPS) is 10.1. The van der Waals surface area contributed by atoms with E-state index >= 15 is 0 Å². The van der Waals surface area contributed by atoms with Gasteiger partial charge in [-0.05, 0) is 19.4 Å². The second-order valence-corrected chi connectivity index (χ2v) is 2.99. The van der Waals surface area contributed by atoms with Crippen molar-refractivity contribution in [3.63, 3.8) is 0 Å². The van der Waals surface area contributed by atoms with Gasteiger partial charge < -0.3 is 5.73 Å². The summed E-state index contributed by atoms with van der Waals surface area (Å²) >= 11 is 0. The van der Waals surface area contributed by atoms with Crippen LogP contribution in [0, 0.1) is 24.0 Å². The monoisotopic (exact) mass is 180 g/mol. The number of rotatable bonds is 2. The number of nitro benzene ring substituents is 1. The smallest absolute Gasteiger partial charge is 0.277 e. The average molecular weight is 180 g/mol. The van der Waals surface area contributed by atoms with Crippen LogP contribution in [0.1, 0.15) is 16.7 Å². The van der Waals surface area contributed by atoms with Gasteiger partial charge in [0.05, 0.1) is 4.92 Å². The second kappa shape index (κ2) is 3.53. The number of aryl methyl sites for hydroxylation is 2. The molecular weight excluding hydrogens is 168 g/mol. The van der Waals surface area contributed by atoms with E-state index in [9.17, 15) is 10.1 Å². The zero-order chi connectivity index (χ0) is 10.0. The first-order chi connectivity index (χ1) is 6.07. The van der Waals surface area contributed by atoms with Gasteiger partial charge in [0, 0.05) is 17.7 Å². The lowest BCUT2D eigenvalue weighted by Crippen LogP contribution is -2.05. The highest BCUT2D eigenvalue weighted by Gasteiger charge is 2.17. The number of nitro groups is 1. The fraction of sp³-hybridized carbons (Fsp3) is 0.333. The van der Waals surface area contributed by atoms with Gasteiger partial charge in [-0.3, -0.25) is 10.1 Å². The molecule has 0 saturated heterocycles. The molecule has 0 aliphatic carbocycles. The number of nitrogens with two attached hydrogens (primary N) is 1. The lowest BCUT2D eigenvalue weighted by atomic mass is 10.0. The lowest BCUT2D eigenvalue weighted by molar-refractivity contribution is -0.386. The molecule has 2 N–H and O–H groups in total. The Morgan fingerprint density at radius 1 is 1.38 bits per heavy atom. The molecule has 0 fully saturated rings. The first-order valence-electron chi connectivity index (χ1n) is 4.01. The molecule has 1 aromatic rings. The average Bonchev–Trinajstić information content (AvgIpc) is 2.07. The van der Waals surface area contributed by atoms with E-state index in [0.29, 0.717) is 11.1 Å². The molecule has 0 atom stereocenters. The van der Waals surface area contributed by atoms with Gasteiger partial charge >= 0.3 is 0 Å². The number of hydrogen-bond acceptors (Lipinski definition) is 3. The van der Waals surface area contributed by atoms with Crippen molar-refractivity contribution >= 4 is 5.69 Å². The van der Waals surface area contributed by atoms with Crippen molar-refractivity contribution in [3.05, 3.63) is 38.9 Å². The molecule has 0 radical (unpaired) electrons. The highest BCUT2D eigenvalue weighted by molar-refractivity contribution is 5.50. The fourth-order valence-electron chi connectivity index (χ4n) is 1.37. The maximum atomic E-state index is 10.7. The van der Waals surface area contributed by atoms with Crippen LogP contribution in [-0.4, -0.2) is 4.92 Å². The van der Waals surface area contributed by atoms with Crippen LogP contribution in [0.5, 0.6) is 0 Å². The first kappa shape index (κ1) is 9.67. The molecule has 0 saturated carbocycles. The molecule has 0 heterocycles. The van der Waals surface area contributed by atoms with Crippen molar-refractivity contribution in [2.45, 2.75) is 20.4 Å². The van der Waals surface area contributed by atoms with Crippen LogP contribution in [-0.2, 0) is 6.54 Å². The van der Waals surface area contributed by atoms with Crippen molar-refractivity contribution in [2.24, 2.45) is 5.73 Å². The molecule has 1 aromatic carbocycles. The van der Waals surface area contributed by atoms with E-state index in [-0.39, 0.29) is 17.2 Å². The van der Waals surface area contributed by atoms with Gasteiger partial charge in [-0.2, -0.15) is 0 Å². The summed E-state index contributed by atoms with van der Waals surface area (Å²) in [6, 6.07) is 3.59. The molecule has 4 heteroatoms. The molecule has 4 nitrogen and oxygen atoms in total. The SMILES string of the molecule is Cc1ccc(C)c([N+](=O)[O-])c1CN. The molecule has 0 unspecified atom stereocenters. The van der Waals surface area contributed by atoms with Crippen LogP contribution in [0.4, 0.5) is 5.69 Å². The van der Waals surface area contributed by atoms with Crippen molar-refractivity contribution in [3.8, 4) is 0 Å². The van der Waals surface area contributed by atoms with Crippen LogP contribution in [0.2, 0.25) is 0 Å². The minimum Gasteiger partial charge on any atom is -0.326 e. The summed E-state index contributed by atoms with van der Waals surface area (Å²) in [6.07, 6.45) is 0. The molecule has 0 aliphatic heterocycles. The quantitative estimate of drug-likeness (QED) is 0.556. The molecule has 0 amide bonds. The number of hydrogen-bond donors (Lipinski definition) is 1. The topological polar surface area (TPSA) is 69.2 Å². The summed E-state index contributed by atoms with van der Waals surface area (Å²) in [7, 11) is 0. The van der Waals surface area contributed by atoms with Crippen molar-refractivity contribution in [2.75, 3.05) is 0 Å². The van der Waals surface area contributed by atoms with Crippen molar-refractivity contribution in [1.82, 2.24) is 0 Å². The van der Waals surface area contributed by atoms with Crippen LogP contribution >= 0.6 is 0 Å². The van der Waals surface area contributed by atoms with E-state index in [1.54, 1.807) is 13.0 Å². The van der Waals surface area contributed by atoms with Gasteiger partial charge in [0.1, 0.15) is 0 Å². The molecule has 0 bridgehead atoms. The Balaban J connectivity index is 3.43. The highest BCUT2D eigenvalue weighted by Crippen LogP contribution is 2.25. The summed E-state index contributed by atoms with van der Waals surface area (Å²) < 4.78 is 0. The highest BCUT2D eigenvalue weighted by atomic mass is 16.6. The van der Waals surface area contributed by atoms with E-state index in [2.05, 4.69) is 0 Å². The maximum Gasteiger partial charge on any atom is 0.277 e. The molecule has 0 spiro atoms. The zero-order valence-corrected chi connectivity index (χ0v) is 7.70. The van der Waals surface area contributed by atoms with Gasteiger partial charge in [0.2, 0.25) is 0 Å². The molecule has 70 valence electrons. The van der Waals surface area contributed by atoms with E-state index < -0.39 is 0 Å². The van der Waals surface area contributed by atoms with Gasteiger partial charge in [0.15, 0.2) is 0 Å². The predicted octanol–water partition coefficient (Wildman–Crippen LogP) is 1.67. The van der Waals surface area contributed by atoms with Crippen molar-refractivity contribution in [1.29, 1.82) is 0 Å². The minimum absolute atomic E-state index is 0.155. The van der Waals surface area contributed by atoms with Crippen LogP contribution in [0.15, 0.2) is 12.1 Å². The Labute approximate surface area is 76.5 Å². The number of benzene rings is 1. The van der Waals surface area contributed by atoms with Crippen LogP contribution < -0.4 is 5.73 Å². The van der Waals surface area contributed by atoms with E-state index in [1.165, 1.54) is 0 Å². The standard InChI is InChI=1S/C9H12N2O2/c1-6-3-4-7(2)9(11(12)13)8(6)5-10/h3-4H,5,10H2,1-2H3. The van der Waals surface area contributed by atoms with Gasteiger partial charge in [-0.1, -0.05) is 12.1 Å². The Bertz CT molecular complexity index is 348. The van der Waals surface area contributed by atoms with Gasteiger partial charge in [-0.25, -0.2) is 0 Å². The predicted molar refractivity (Wildman–Crippen MR) is 50.5 cm³/mol. The van der Waals surface area contributed by atoms with E-state index in [4.69, 9.17) is 5.73 Å². The zero-order valence-electron chi connectivity index (χ0n) is 7.70. The van der Waals surface area contributed by atoms with Crippen LogP contribution in [0.3, 0.4) is 0 Å². The molecular formula is C9H12N2O2. The Morgan fingerprint density at radius 3 is 2.31 bits per heavy atom. The van der Waals surface area contributed by atoms with E-state index in [1.807, 2.05) is 13.0 Å². The Hall–Kier alpha value is -1.42. The third-order valence-electron chi connectivity index (χ3n) is 2.11. The molecule has 0 aromatic heterocycles. The first-order valence-corrected chi connectivity index (χ1v) is 4.01. The third-order valence-corrected chi connectivity index (χ3v) is 2.11. The van der Waals surface area contributed by atoms with Gasteiger partial charge in [0.25, 0.3) is 5.69 Å². The lowest BCUT2D eigenvalue weighted by Gasteiger charge is -2.05. The third kappa shape index (κ3) is 1.67. The van der Waals surface area contributed by atoms with Gasteiger partial charge in [-0.15, -0.1) is 0 Å². The Kier molecular flexibility index (Phi) is 2.63. The van der Waals surface area contributed by atoms with E-state index in [0.717, 1.165) is 5.56 Å². The molecule has 13 heavy (non-hydrogen) atoms. The molecule has 1 rings (SSSR count). The summed E-state index contributed by atoms with van der Waals surface area (Å²) in [5.74, 6) is 0. The number of nitrogens with zero attached hydrogens (tertiary/aromatic N) is 1. The maximum absolute atomic E-state index is 10.7. The Morgan fingerprint density at radius 2 is 1.92 bits per heavy atom. The minimum atomic E-state index is -0.371. The van der Waals surface area contributed by atoms with Crippen molar-refractivity contribution < 1.29 is 4.92 Å². The van der Waals surface area contributed by atoms with Crippen LogP contribution in [0.25, 0.3) is 0 Å². The summed E-state index contributed by atoms with van der Waals surface area (Å²) in [4.78, 5) is 10.3.